The van der Waals surface area contributed by atoms with E-state index in [9.17, 15) is 34.3 Å². The first-order valence-electron chi connectivity index (χ1n) is 13.4. The van der Waals surface area contributed by atoms with Crippen LogP contribution in [0.15, 0.2) is 10.5 Å². The molecule has 0 bridgehead atoms. The highest BCUT2D eigenvalue weighted by Crippen LogP contribution is 2.43. The van der Waals surface area contributed by atoms with Gasteiger partial charge in [0.05, 0.1) is 18.1 Å². The van der Waals surface area contributed by atoms with Crippen LogP contribution in [0.5, 0.6) is 0 Å². The summed E-state index contributed by atoms with van der Waals surface area (Å²) in [5, 5.41) is 25.5. The lowest BCUT2D eigenvalue weighted by Gasteiger charge is -2.53. The normalized spacial score (nSPS) is 25.4. The molecule has 0 aliphatic carbocycles. The third kappa shape index (κ3) is 6.80. The van der Waals surface area contributed by atoms with Gasteiger partial charge in [-0.3, -0.25) is 19.2 Å². The predicted molar refractivity (Wildman–Crippen MR) is 152 cm³/mol. The number of amides is 3. The number of anilines is 1. The zero-order valence-corrected chi connectivity index (χ0v) is 25.4. The Balaban J connectivity index is 1.44. The van der Waals surface area contributed by atoms with Crippen molar-refractivity contribution in [2.24, 2.45) is 16.0 Å². The van der Waals surface area contributed by atoms with Crippen molar-refractivity contribution in [3.63, 3.8) is 0 Å². The summed E-state index contributed by atoms with van der Waals surface area (Å²) >= 11 is 2.20. The van der Waals surface area contributed by atoms with Crippen molar-refractivity contribution in [1.82, 2.24) is 20.1 Å². The Bertz CT molecular complexity index is 1300. The monoisotopic (exact) mass is 642 g/mol. The molecular formula is C25H34N6O10S2. The molecule has 1 aromatic rings. The van der Waals surface area contributed by atoms with E-state index >= 15 is 0 Å². The number of aromatic nitrogens is 1. The number of esters is 2. The standard InChI is InChI=1S/C25H34N6O10S2/c1-24(2,3)20(35)40-12-41-21(36)25(10-39-23(37)30-6-4-5-13(30)7-32)9-31-18(34)16(19(31)43-11-25)28-17(33)15(29-38)14-8-42-22(26)27-14/h8,13,16,19,32,38H,4-7,9-12H2,1-3H3,(H2,26,27)(H,28,33)/t13?,16?,19-,25?/m1/s1. The van der Waals surface area contributed by atoms with Crippen LogP contribution in [0.25, 0.3) is 0 Å². The van der Waals surface area contributed by atoms with E-state index in [1.165, 1.54) is 15.2 Å². The first-order valence-corrected chi connectivity index (χ1v) is 15.3. The van der Waals surface area contributed by atoms with Crippen LogP contribution in [0.1, 0.15) is 39.3 Å². The van der Waals surface area contributed by atoms with Gasteiger partial charge in [-0.15, -0.1) is 23.1 Å². The molecule has 236 valence electrons. The zero-order chi connectivity index (χ0) is 31.5. The Morgan fingerprint density at radius 1 is 1.26 bits per heavy atom. The topological polar surface area (TPSA) is 223 Å². The molecule has 3 saturated heterocycles. The highest BCUT2D eigenvalue weighted by atomic mass is 32.2. The van der Waals surface area contributed by atoms with Crippen LogP contribution in [-0.2, 0) is 33.4 Å². The molecule has 18 heteroatoms. The number of likely N-dealkylation sites (tertiary alicyclic amines) is 1. The molecule has 16 nitrogen and oxygen atoms in total. The lowest BCUT2D eigenvalue weighted by molar-refractivity contribution is -0.182. The maximum absolute atomic E-state index is 13.4. The number of thioether (sulfide) groups is 1. The summed E-state index contributed by atoms with van der Waals surface area (Å²) in [6.07, 6.45) is 0.593. The molecule has 4 heterocycles. The smallest absolute Gasteiger partial charge is 0.410 e. The number of aliphatic hydroxyl groups excluding tert-OH is 1. The molecular weight excluding hydrogens is 608 g/mol. The predicted octanol–water partition coefficient (Wildman–Crippen LogP) is -0.0268. The van der Waals surface area contributed by atoms with Crippen molar-refractivity contribution >= 4 is 63.8 Å². The minimum atomic E-state index is -1.51. The number of hydrogen-bond acceptors (Lipinski definition) is 15. The second-order valence-electron chi connectivity index (χ2n) is 11.4. The summed E-state index contributed by atoms with van der Waals surface area (Å²) in [7, 11) is 0. The molecule has 3 amide bonds. The molecule has 1 aromatic heterocycles. The van der Waals surface area contributed by atoms with E-state index < -0.39 is 77.2 Å². The lowest BCUT2D eigenvalue weighted by atomic mass is 9.88. The summed E-state index contributed by atoms with van der Waals surface area (Å²) in [6, 6.07) is -1.39. The maximum Gasteiger partial charge on any atom is 0.410 e. The Morgan fingerprint density at radius 3 is 2.63 bits per heavy atom. The molecule has 43 heavy (non-hydrogen) atoms. The first-order chi connectivity index (χ1) is 20.3. The highest BCUT2D eigenvalue weighted by Gasteiger charge is 2.59. The van der Waals surface area contributed by atoms with Crippen LogP contribution in [0, 0.1) is 10.8 Å². The van der Waals surface area contributed by atoms with Gasteiger partial charge in [0.2, 0.25) is 12.7 Å². The summed E-state index contributed by atoms with van der Waals surface area (Å²) in [6.45, 7) is 3.75. The average molecular weight is 643 g/mol. The van der Waals surface area contributed by atoms with E-state index in [-0.39, 0.29) is 29.7 Å². The lowest BCUT2D eigenvalue weighted by Crippen LogP contribution is -2.74. The van der Waals surface area contributed by atoms with Crippen LogP contribution in [-0.4, -0.2) is 117 Å². The number of carbonyl (C=O) groups excluding carboxylic acids is 5. The van der Waals surface area contributed by atoms with Gasteiger partial charge < -0.3 is 45.4 Å². The van der Waals surface area contributed by atoms with Crippen LogP contribution < -0.4 is 11.1 Å². The summed E-state index contributed by atoms with van der Waals surface area (Å²) in [5.41, 5.74) is 2.87. The molecule has 4 atom stereocenters. The molecule has 3 aliphatic heterocycles. The number of oxime groups is 1. The maximum atomic E-state index is 13.4. The quantitative estimate of drug-likeness (QED) is 0.0695. The number of nitrogens with two attached hydrogens (primary N) is 1. The molecule has 0 spiro atoms. The number of rotatable bonds is 9. The molecule has 3 fully saturated rings. The van der Waals surface area contributed by atoms with E-state index in [0.29, 0.717) is 19.4 Å². The third-order valence-corrected chi connectivity index (χ3v) is 9.49. The summed E-state index contributed by atoms with van der Waals surface area (Å²) in [5.74, 6) is -2.78. The summed E-state index contributed by atoms with van der Waals surface area (Å²) in [4.78, 5) is 70.9. The average Bonchev–Trinajstić information content (AvgIpc) is 3.63. The van der Waals surface area contributed by atoms with Gasteiger partial charge >= 0.3 is 18.0 Å². The van der Waals surface area contributed by atoms with Gasteiger partial charge in [0.1, 0.15) is 29.1 Å². The number of nitrogen functional groups attached to an aromatic ring is 1. The van der Waals surface area contributed by atoms with Gasteiger partial charge in [-0.2, -0.15) is 0 Å². The molecule has 3 aliphatic rings. The number of nitrogens with zero attached hydrogens (tertiary/aromatic N) is 4. The number of carbonyl (C=O) groups is 5. The van der Waals surface area contributed by atoms with E-state index in [2.05, 4.69) is 15.5 Å². The second-order valence-corrected chi connectivity index (χ2v) is 13.4. The minimum absolute atomic E-state index is 0.0279. The van der Waals surface area contributed by atoms with Gasteiger partial charge in [-0.1, -0.05) is 5.16 Å². The van der Waals surface area contributed by atoms with Crippen LogP contribution in [0.2, 0.25) is 0 Å². The van der Waals surface area contributed by atoms with Crippen LogP contribution >= 0.6 is 23.1 Å². The molecule has 0 aromatic carbocycles. The number of ether oxygens (including phenoxy) is 3. The third-order valence-electron chi connectivity index (χ3n) is 7.23. The number of aliphatic hydroxyl groups is 1. The van der Waals surface area contributed by atoms with Gasteiger partial charge in [-0.05, 0) is 33.6 Å². The first kappa shape index (κ1) is 32.3. The van der Waals surface area contributed by atoms with E-state index in [1.807, 2.05) is 0 Å². The SMILES string of the molecule is CC(C)(C)C(=O)OCOC(=O)C1(COC(=O)N2CCCC2CO)CS[C@@H]2C(NC(=O)C(=NO)c3csc(N)n3)C(=O)N2C1. The number of fused-ring (bicyclic) bond motifs is 1. The number of hydrogen-bond donors (Lipinski definition) is 4. The van der Waals surface area contributed by atoms with Gasteiger partial charge in [0.25, 0.3) is 5.91 Å². The number of nitrogens with one attached hydrogen (secondary N) is 1. The van der Waals surface area contributed by atoms with E-state index in [0.717, 1.165) is 23.1 Å². The number of β-lactam (4-membered cyclic amide) rings is 1. The van der Waals surface area contributed by atoms with Crippen molar-refractivity contribution in [3.8, 4) is 0 Å². The van der Waals surface area contributed by atoms with Crippen molar-refractivity contribution in [2.75, 3.05) is 44.6 Å². The highest BCUT2D eigenvalue weighted by molar-refractivity contribution is 8.00. The van der Waals surface area contributed by atoms with Gasteiger partial charge in [0.15, 0.2) is 10.8 Å². The Kier molecular flexibility index (Phi) is 9.70. The van der Waals surface area contributed by atoms with E-state index in [1.54, 1.807) is 20.8 Å². The molecule has 5 N–H and O–H groups in total. The van der Waals surface area contributed by atoms with Crippen molar-refractivity contribution in [2.45, 2.75) is 51.1 Å². The fourth-order valence-electron chi connectivity index (χ4n) is 4.77. The fraction of sp³-hybridized carbons (Fsp3) is 0.640. The molecule has 4 rings (SSSR count). The van der Waals surface area contributed by atoms with Crippen LogP contribution in [0.4, 0.5) is 9.93 Å². The molecule has 3 unspecified atom stereocenters. The van der Waals surface area contributed by atoms with Crippen molar-refractivity contribution in [1.29, 1.82) is 0 Å². The van der Waals surface area contributed by atoms with Crippen molar-refractivity contribution in [3.05, 3.63) is 11.1 Å². The van der Waals surface area contributed by atoms with E-state index in [4.69, 9.17) is 19.9 Å². The Morgan fingerprint density at radius 2 is 2.00 bits per heavy atom. The summed E-state index contributed by atoms with van der Waals surface area (Å²) < 4.78 is 15.9. The number of thiazole rings is 1. The van der Waals surface area contributed by atoms with Crippen molar-refractivity contribution < 1.29 is 48.5 Å². The minimum Gasteiger partial charge on any atom is -0.448 e. The van der Waals surface area contributed by atoms with Gasteiger partial charge in [-0.25, -0.2) is 9.78 Å². The molecule has 0 saturated carbocycles. The van der Waals surface area contributed by atoms with Crippen LogP contribution in [0.3, 0.4) is 0 Å². The zero-order valence-electron chi connectivity index (χ0n) is 23.8. The Labute approximate surface area is 254 Å². The Hall–Kier alpha value is -3.64. The second kappa shape index (κ2) is 12.9. The van der Waals surface area contributed by atoms with Gasteiger partial charge in [0, 0.05) is 24.2 Å². The fourth-order valence-corrected chi connectivity index (χ4v) is 6.84. The largest absolute Gasteiger partial charge is 0.448 e. The molecule has 0 radical (unpaired) electrons.